The van der Waals surface area contributed by atoms with E-state index in [1.54, 1.807) is 0 Å². The maximum Gasteiger partial charge on any atom is 0.0505 e. The van der Waals surface area contributed by atoms with E-state index >= 15 is 0 Å². The standard InChI is InChI=1S/C18H18ClN/c1-18(2,3)20-16-11-7-10-15(19)14(16)12-17(20)13-8-5-4-6-9-13/h4-12H,1-3H3. The monoisotopic (exact) mass is 283 g/mol. The number of benzene rings is 2. The molecule has 0 aliphatic heterocycles. The SMILES string of the molecule is CC(C)(C)n1c(-c2ccccc2)cc2c(Cl)cccc21. The van der Waals surface area contributed by atoms with Gasteiger partial charge in [-0.05, 0) is 44.5 Å². The second-order valence-electron chi connectivity index (χ2n) is 6.07. The van der Waals surface area contributed by atoms with Crippen LogP contribution in [0.4, 0.5) is 0 Å². The summed E-state index contributed by atoms with van der Waals surface area (Å²) in [5, 5.41) is 1.92. The van der Waals surface area contributed by atoms with Gasteiger partial charge in [-0.3, -0.25) is 0 Å². The third-order valence-electron chi connectivity index (χ3n) is 3.53. The first-order valence-electron chi connectivity index (χ1n) is 6.84. The van der Waals surface area contributed by atoms with Gasteiger partial charge in [0, 0.05) is 21.6 Å². The smallest absolute Gasteiger partial charge is 0.0505 e. The summed E-state index contributed by atoms with van der Waals surface area (Å²) in [6.07, 6.45) is 0. The number of aromatic nitrogens is 1. The fraction of sp³-hybridized carbons (Fsp3) is 0.222. The lowest BCUT2D eigenvalue weighted by Gasteiger charge is -2.26. The van der Waals surface area contributed by atoms with Crippen molar-refractivity contribution < 1.29 is 0 Å². The molecule has 0 atom stereocenters. The molecule has 0 aliphatic rings. The third-order valence-corrected chi connectivity index (χ3v) is 3.86. The largest absolute Gasteiger partial charge is 0.335 e. The molecule has 0 N–H and O–H groups in total. The van der Waals surface area contributed by atoms with Gasteiger partial charge in [-0.1, -0.05) is 48.0 Å². The summed E-state index contributed by atoms with van der Waals surface area (Å²) in [5.74, 6) is 0. The summed E-state index contributed by atoms with van der Waals surface area (Å²) in [7, 11) is 0. The maximum absolute atomic E-state index is 6.37. The lowest BCUT2D eigenvalue weighted by molar-refractivity contribution is 0.415. The van der Waals surface area contributed by atoms with Crippen LogP contribution in [0, 0.1) is 0 Å². The molecule has 0 radical (unpaired) electrons. The number of hydrogen-bond acceptors (Lipinski definition) is 0. The number of fused-ring (bicyclic) bond motifs is 1. The molecule has 1 heterocycles. The Morgan fingerprint density at radius 3 is 2.25 bits per heavy atom. The van der Waals surface area contributed by atoms with Gasteiger partial charge in [-0.15, -0.1) is 0 Å². The summed E-state index contributed by atoms with van der Waals surface area (Å²) in [5.41, 5.74) is 3.61. The van der Waals surface area contributed by atoms with Crippen molar-refractivity contribution in [2.24, 2.45) is 0 Å². The minimum Gasteiger partial charge on any atom is -0.335 e. The van der Waals surface area contributed by atoms with Crippen molar-refractivity contribution in [3.05, 3.63) is 59.6 Å². The van der Waals surface area contributed by atoms with E-state index in [1.807, 2.05) is 18.2 Å². The topological polar surface area (TPSA) is 4.93 Å². The van der Waals surface area contributed by atoms with E-state index in [9.17, 15) is 0 Å². The number of hydrogen-bond donors (Lipinski definition) is 0. The molecular formula is C18H18ClN. The first kappa shape index (κ1) is 13.3. The molecule has 1 aromatic heterocycles. The van der Waals surface area contributed by atoms with Crippen LogP contribution in [0.3, 0.4) is 0 Å². The predicted octanol–water partition coefficient (Wildman–Crippen LogP) is 5.72. The van der Waals surface area contributed by atoms with Crippen molar-refractivity contribution in [2.45, 2.75) is 26.3 Å². The predicted molar refractivity (Wildman–Crippen MR) is 87.4 cm³/mol. The molecular weight excluding hydrogens is 266 g/mol. The summed E-state index contributed by atoms with van der Waals surface area (Å²) in [6, 6.07) is 18.8. The number of halogens is 1. The van der Waals surface area contributed by atoms with Crippen molar-refractivity contribution in [1.82, 2.24) is 4.57 Å². The molecule has 0 fully saturated rings. The lowest BCUT2D eigenvalue weighted by Crippen LogP contribution is -2.22. The van der Waals surface area contributed by atoms with E-state index in [-0.39, 0.29) is 5.54 Å². The van der Waals surface area contributed by atoms with Crippen LogP contribution in [0.2, 0.25) is 5.02 Å². The van der Waals surface area contributed by atoms with Gasteiger partial charge in [0.05, 0.1) is 5.52 Å². The first-order valence-corrected chi connectivity index (χ1v) is 7.22. The normalized spacial score (nSPS) is 12.0. The van der Waals surface area contributed by atoms with Crippen LogP contribution in [0.25, 0.3) is 22.2 Å². The Kier molecular flexibility index (Phi) is 3.10. The Balaban J connectivity index is 2.40. The number of nitrogens with zero attached hydrogens (tertiary/aromatic N) is 1. The Hall–Kier alpha value is -1.73. The van der Waals surface area contributed by atoms with Gasteiger partial charge >= 0.3 is 0 Å². The van der Waals surface area contributed by atoms with Gasteiger partial charge < -0.3 is 4.57 Å². The Labute approximate surface area is 124 Å². The van der Waals surface area contributed by atoms with Crippen LogP contribution in [-0.4, -0.2) is 4.57 Å². The summed E-state index contributed by atoms with van der Waals surface area (Å²) >= 11 is 6.37. The average Bonchev–Trinajstić information content (AvgIpc) is 2.80. The van der Waals surface area contributed by atoms with Crippen LogP contribution in [0.5, 0.6) is 0 Å². The molecule has 0 spiro atoms. The van der Waals surface area contributed by atoms with Gasteiger partial charge in [-0.25, -0.2) is 0 Å². The highest BCUT2D eigenvalue weighted by atomic mass is 35.5. The third kappa shape index (κ3) is 2.12. The van der Waals surface area contributed by atoms with Crippen molar-refractivity contribution >= 4 is 22.5 Å². The van der Waals surface area contributed by atoms with Crippen molar-refractivity contribution in [3.63, 3.8) is 0 Å². The van der Waals surface area contributed by atoms with E-state index in [1.165, 1.54) is 16.8 Å². The Bertz CT molecular complexity index is 748. The van der Waals surface area contributed by atoms with Gasteiger partial charge in [-0.2, -0.15) is 0 Å². The minimum absolute atomic E-state index is 0.00237. The van der Waals surface area contributed by atoms with Gasteiger partial charge in [0.25, 0.3) is 0 Å². The highest BCUT2D eigenvalue weighted by Gasteiger charge is 2.21. The van der Waals surface area contributed by atoms with Crippen molar-refractivity contribution in [2.75, 3.05) is 0 Å². The van der Waals surface area contributed by atoms with E-state index in [4.69, 9.17) is 11.6 Å². The van der Waals surface area contributed by atoms with Crippen LogP contribution in [-0.2, 0) is 5.54 Å². The molecule has 3 rings (SSSR count). The quantitative estimate of drug-likeness (QED) is 0.538. The molecule has 0 saturated carbocycles. The van der Waals surface area contributed by atoms with E-state index in [0.29, 0.717) is 0 Å². The molecule has 0 bridgehead atoms. The number of rotatable bonds is 1. The Morgan fingerprint density at radius 2 is 1.60 bits per heavy atom. The molecule has 3 aromatic rings. The van der Waals surface area contributed by atoms with Crippen LogP contribution >= 0.6 is 11.6 Å². The van der Waals surface area contributed by atoms with Crippen LogP contribution < -0.4 is 0 Å². The van der Waals surface area contributed by atoms with E-state index in [0.717, 1.165) is 10.4 Å². The first-order chi connectivity index (χ1) is 9.48. The molecule has 0 aliphatic carbocycles. The molecule has 1 nitrogen and oxygen atoms in total. The van der Waals surface area contributed by atoms with E-state index < -0.39 is 0 Å². The van der Waals surface area contributed by atoms with Gasteiger partial charge in [0.15, 0.2) is 0 Å². The molecule has 2 aromatic carbocycles. The molecule has 0 amide bonds. The second-order valence-corrected chi connectivity index (χ2v) is 6.48. The van der Waals surface area contributed by atoms with Gasteiger partial charge in [0.1, 0.15) is 0 Å². The highest BCUT2D eigenvalue weighted by Crippen LogP contribution is 2.36. The zero-order valence-corrected chi connectivity index (χ0v) is 12.8. The lowest BCUT2D eigenvalue weighted by atomic mass is 10.1. The summed E-state index contributed by atoms with van der Waals surface area (Å²) in [6.45, 7) is 6.67. The molecule has 20 heavy (non-hydrogen) atoms. The van der Waals surface area contributed by atoms with Crippen molar-refractivity contribution in [3.8, 4) is 11.3 Å². The van der Waals surface area contributed by atoms with Crippen LogP contribution in [0.15, 0.2) is 54.6 Å². The zero-order valence-electron chi connectivity index (χ0n) is 12.0. The zero-order chi connectivity index (χ0) is 14.3. The fourth-order valence-electron chi connectivity index (χ4n) is 2.74. The second kappa shape index (κ2) is 4.68. The highest BCUT2D eigenvalue weighted by molar-refractivity contribution is 6.35. The maximum atomic E-state index is 6.37. The summed E-state index contributed by atoms with van der Waals surface area (Å²) < 4.78 is 2.36. The average molecular weight is 284 g/mol. The Morgan fingerprint density at radius 1 is 0.900 bits per heavy atom. The molecule has 102 valence electrons. The molecule has 0 unspecified atom stereocenters. The summed E-state index contributed by atoms with van der Waals surface area (Å²) in [4.78, 5) is 0. The van der Waals surface area contributed by atoms with Gasteiger partial charge in [0.2, 0.25) is 0 Å². The minimum atomic E-state index is -0.00237. The van der Waals surface area contributed by atoms with Crippen LogP contribution in [0.1, 0.15) is 20.8 Å². The fourth-order valence-corrected chi connectivity index (χ4v) is 2.96. The van der Waals surface area contributed by atoms with E-state index in [2.05, 4.69) is 61.7 Å². The molecule has 2 heteroatoms. The van der Waals surface area contributed by atoms with Crippen molar-refractivity contribution in [1.29, 1.82) is 0 Å². The molecule has 0 saturated heterocycles.